The van der Waals surface area contributed by atoms with E-state index in [2.05, 4.69) is 4.72 Å². The molecule has 0 radical (unpaired) electrons. The van der Waals surface area contributed by atoms with Gasteiger partial charge in [-0.25, -0.2) is 8.42 Å². The summed E-state index contributed by atoms with van der Waals surface area (Å²) in [7, 11) is -3.93. The first-order valence-electron chi connectivity index (χ1n) is 8.55. The summed E-state index contributed by atoms with van der Waals surface area (Å²) in [6.45, 7) is 5.32. The molecule has 2 aromatic rings. The summed E-state index contributed by atoms with van der Waals surface area (Å²) in [5.41, 5.74) is 2.53. The van der Waals surface area contributed by atoms with Gasteiger partial charge >= 0.3 is 5.97 Å². The van der Waals surface area contributed by atoms with Crippen LogP contribution in [0.5, 0.6) is 0 Å². The number of nitrogens with zero attached hydrogens (tertiary/aromatic N) is 2. The Hall–Kier alpha value is -2.96. The average molecular weight is 403 g/mol. The fourth-order valence-corrected chi connectivity index (χ4v) is 3.76. The van der Waals surface area contributed by atoms with Crippen LogP contribution in [0.4, 0.5) is 0 Å². The van der Waals surface area contributed by atoms with E-state index in [0.29, 0.717) is 11.1 Å². The number of rotatable bonds is 8. The molecule has 1 N–H and O–H groups in total. The van der Waals surface area contributed by atoms with Crippen LogP contribution in [0.1, 0.15) is 34.2 Å². The van der Waals surface area contributed by atoms with Crippen LogP contribution in [0.15, 0.2) is 35.2 Å². The third kappa shape index (κ3) is 4.85. The SMILES string of the molecule is CCn1c(C)cc(C(=O)COC(=O)CNS(=O)(=O)c2ccc(C#N)cc2)c1C. The zero-order chi connectivity index (χ0) is 20.9. The molecule has 0 unspecified atom stereocenters. The van der Waals surface area contributed by atoms with Crippen molar-refractivity contribution >= 4 is 21.8 Å². The maximum atomic E-state index is 12.3. The number of aromatic nitrogens is 1. The van der Waals surface area contributed by atoms with Crippen molar-refractivity contribution in [2.24, 2.45) is 0 Å². The van der Waals surface area contributed by atoms with Crippen molar-refractivity contribution in [3.8, 4) is 6.07 Å². The van der Waals surface area contributed by atoms with E-state index < -0.39 is 29.1 Å². The molecule has 0 bridgehead atoms. The molecule has 0 aliphatic heterocycles. The number of hydrogen-bond acceptors (Lipinski definition) is 6. The van der Waals surface area contributed by atoms with Crippen LogP contribution in [0.3, 0.4) is 0 Å². The second-order valence-corrected chi connectivity index (χ2v) is 7.84. The lowest BCUT2D eigenvalue weighted by Gasteiger charge is -2.08. The van der Waals surface area contributed by atoms with Crippen LogP contribution < -0.4 is 4.72 Å². The summed E-state index contributed by atoms with van der Waals surface area (Å²) in [5.74, 6) is -1.22. The van der Waals surface area contributed by atoms with Gasteiger partial charge in [-0.1, -0.05) is 0 Å². The number of sulfonamides is 1. The Morgan fingerprint density at radius 2 is 1.86 bits per heavy atom. The van der Waals surface area contributed by atoms with Crippen molar-refractivity contribution in [1.82, 2.24) is 9.29 Å². The van der Waals surface area contributed by atoms with Gasteiger partial charge in [0, 0.05) is 23.5 Å². The topological polar surface area (TPSA) is 118 Å². The quantitative estimate of drug-likeness (QED) is 0.529. The van der Waals surface area contributed by atoms with Crippen molar-refractivity contribution in [2.45, 2.75) is 32.2 Å². The first-order valence-corrected chi connectivity index (χ1v) is 10.0. The number of ether oxygens (including phenoxy) is 1. The van der Waals surface area contributed by atoms with Gasteiger partial charge in [-0.05, 0) is 51.1 Å². The van der Waals surface area contributed by atoms with Gasteiger partial charge in [-0.3, -0.25) is 9.59 Å². The van der Waals surface area contributed by atoms with Crippen LogP contribution in [0, 0.1) is 25.2 Å². The van der Waals surface area contributed by atoms with Crippen molar-refractivity contribution < 1.29 is 22.7 Å². The van der Waals surface area contributed by atoms with Gasteiger partial charge in [0.1, 0.15) is 6.54 Å². The standard InChI is InChI=1S/C19H21N3O5S/c1-4-22-13(2)9-17(14(22)3)18(23)12-27-19(24)11-21-28(25,26)16-7-5-15(10-20)6-8-16/h5-9,21H,4,11-12H2,1-3H3. The van der Waals surface area contributed by atoms with Crippen molar-refractivity contribution in [3.05, 3.63) is 52.8 Å². The fraction of sp³-hybridized carbons (Fsp3) is 0.316. The molecule has 0 saturated carbocycles. The summed E-state index contributed by atoms with van der Waals surface area (Å²) >= 11 is 0. The maximum Gasteiger partial charge on any atom is 0.321 e. The molecule has 1 aromatic carbocycles. The average Bonchev–Trinajstić information content (AvgIpc) is 2.98. The second kappa shape index (κ2) is 8.82. The first kappa shape index (κ1) is 21.3. The summed E-state index contributed by atoms with van der Waals surface area (Å²) in [5, 5.41) is 8.74. The molecule has 0 fully saturated rings. The molecule has 0 saturated heterocycles. The monoisotopic (exact) mass is 403 g/mol. The molecule has 0 atom stereocenters. The third-order valence-corrected chi connectivity index (χ3v) is 5.67. The Balaban J connectivity index is 1.92. The van der Waals surface area contributed by atoms with Crippen molar-refractivity contribution in [3.63, 3.8) is 0 Å². The van der Waals surface area contributed by atoms with Crippen LogP contribution in [0.2, 0.25) is 0 Å². The van der Waals surface area contributed by atoms with Gasteiger partial charge in [-0.15, -0.1) is 0 Å². The van der Waals surface area contributed by atoms with E-state index in [1.165, 1.54) is 24.3 Å². The minimum atomic E-state index is -3.93. The Morgan fingerprint density at radius 1 is 1.21 bits per heavy atom. The van der Waals surface area contributed by atoms with Crippen molar-refractivity contribution in [1.29, 1.82) is 5.26 Å². The molecule has 148 valence electrons. The number of nitrogens with one attached hydrogen (secondary N) is 1. The summed E-state index contributed by atoms with van der Waals surface area (Å²) in [6, 6.07) is 8.87. The molecular formula is C19H21N3O5S. The molecule has 0 amide bonds. The van der Waals surface area contributed by atoms with E-state index in [4.69, 9.17) is 10.00 Å². The second-order valence-electron chi connectivity index (χ2n) is 6.07. The normalized spacial score (nSPS) is 11.1. The number of ketones is 1. The van der Waals surface area contributed by atoms with E-state index >= 15 is 0 Å². The highest BCUT2D eigenvalue weighted by atomic mass is 32.2. The molecule has 9 heteroatoms. The van der Waals surface area contributed by atoms with E-state index in [0.717, 1.165) is 17.9 Å². The van der Waals surface area contributed by atoms with Crippen LogP contribution >= 0.6 is 0 Å². The third-order valence-electron chi connectivity index (χ3n) is 4.25. The van der Waals surface area contributed by atoms with Gasteiger partial charge in [0.25, 0.3) is 0 Å². The van der Waals surface area contributed by atoms with Crippen LogP contribution in [-0.2, 0) is 26.1 Å². The van der Waals surface area contributed by atoms with E-state index in [1.54, 1.807) is 6.07 Å². The number of nitriles is 1. The lowest BCUT2D eigenvalue weighted by Crippen LogP contribution is -2.31. The van der Waals surface area contributed by atoms with Gasteiger partial charge in [-0.2, -0.15) is 9.98 Å². The lowest BCUT2D eigenvalue weighted by atomic mass is 10.1. The summed E-state index contributed by atoms with van der Waals surface area (Å²) in [4.78, 5) is 24.0. The first-order chi connectivity index (χ1) is 13.2. The predicted octanol–water partition coefficient (Wildman–Crippen LogP) is 1.70. The van der Waals surface area contributed by atoms with Crippen molar-refractivity contribution in [2.75, 3.05) is 13.2 Å². The number of esters is 1. The minimum Gasteiger partial charge on any atom is -0.456 e. The number of benzene rings is 1. The molecule has 1 aromatic heterocycles. The number of carbonyl (C=O) groups is 2. The molecule has 28 heavy (non-hydrogen) atoms. The van der Waals surface area contributed by atoms with Gasteiger partial charge in [0.2, 0.25) is 15.8 Å². The highest BCUT2D eigenvalue weighted by Gasteiger charge is 2.19. The van der Waals surface area contributed by atoms with Gasteiger partial charge in [0.05, 0.1) is 16.5 Å². The minimum absolute atomic E-state index is 0.0811. The molecule has 0 aliphatic rings. The number of carbonyl (C=O) groups excluding carboxylic acids is 2. The van der Waals surface area contributed by atoms with Gasteiger partial charge in [0.15, 0.2) is 6.61 Å². The summed E-state index contributed by atoms with van der Waals surface area (Å²) < 4.78 is 33.3. The van der Waals surface area contributed by atoms with Crippen LogP contribution in [-0.4, -0.2) is 37.9 Å². The zero-order valence-corrected chi connectivity index (χ0v) is 16.7. The Kier molecular flexibility index (Phi) is 6.72. The maximum absolute atomic E-state index is 12.3. The smallest absolute Gasteiger partial charge is 0.321 e. The fourth-order valence-electron chi connectivity index (χ4n) is 2.79. The Labute approximate surface area is 163 Å². The van der Waals surface area contributed by atoms with Gasteiger partial charge < -0.3 is 9.30 Å². The zero-order valence-electron chi connectivity index (χ0n) is 15.9. The van der Waals surface area contributed by atoms with E-state index in [1.807, 2.05) is 31.4 Å². The lowest BCUT2D eigenvalue weighted by molar-refractivity contribution is -0.141. The summed E-state index contributed by atoms with van der Waals surface area (Å²) in [6.07, 6.45) is 0. The molecule has 8 nitrogen and oxygen atoms in total. The highest BCUT2D eigenvalue weighted by molar-refractivity contribution is 7.89. The molecule has 0 spiro atoms. The molecule has 1 heterocycles. The van der Waals surface area contributed by atoms with E-state index in [9.17, 15) is 18.0 Å². The Morgan fingerprint density at radius 3 is 2.39 bits per heavy atom. The van der Waals surface area contributed by atoms with Crippen LogP contribution in [0.25, 0.3) is 0 Å². The van der Waals surface area contributed by atoms with E-state index in [-0.39, 0.29) is 10.7 Å². The number of Topliss-reactive ketones (excluding diaryl/α,β-unsaturated/α-hetero) is 1. The molecular weight excluding hydrogens is 382 g/mol. The largest absolute Gasteiger partial charge is 0.456 e. The number of hydrogen-bond donors (Lipinski definition) is 1. The number of aryl methyl sites for hydroxylation is 1. The predicted molar refractivity (Wildman–Crippen MR) is 101 cm³/mol. The molecule has 0 aliphatic carbocycles. The Bertz CT molecular complexity index is 1030. The molecule has 2 rings (SSSR count). The highest BCUT2D eigenvalue weighted by Crippen LogP contribution is 2.15.